The fourth-order valence-electron chi connectivity index (χ4n) is 3.78. The first kappa shape index (κ1) is 22.3. The Kier molecular flexibility index (Phi) is 6.82. The van der Waals surface area contributed by atoms with Gasteiger partial charge in [0.1, 0.15) is 17.2 Å². The third-order valence-corrected chi connectivity index (χ3v) is 5.62. The number of likely N-dealkylation sites (tertiary alicyclic amines) is 1. The van der Waals surface area contributed by atoms with Crippen molar-refractivity contribution in [3.05, 3.63) is 54.4 Å². The lowest BCUT2D eigenvalue weighted by molar-refractivity contribution is -0.136. The van der Waals surface area contributed by atoms with Crippen LogP contribution in [0.25, 0.3) is 5.69 Å². The average Bonchev–Trinajstić information content (AvgIpc) is 3.28. The summed E-state index contributed by atoms with van der Waals surface area (Å²) >= 11 is 0. The van der Waals surface area contributed by atoms with Crippen molar-refractivity contribution in [1.29, 1.82) is 0 Å². The molecule has 172 valence electrons. The third kappa shape index (κ3) is 5.28. The molecule has 33 heavy (non-hydrogen) atoms. The van der Waals surface area contributed by atoms with Gasteiger partial charge in [0, 0.05) is 24.7 Å². The molecule has 1 aliphatic rings. The number of rotatable bonds is 7. The van der Waals surface area contributed by atoms with E-state index in [0.29, 0.717) is 54.6 Å². The van der Waals surface area contributed by atoms with Crippen molar-refractivity contribution < 1.29 is 19.1 Å². The van der Waals surface area contributed by atoms with E-state index < -0.39 is 0 Å². The van der Waals surface area contributed by atoms with Gasteiger partial charge in [0.2, 0.25) is 5.91 Å². The number of piperidine rings is 1. The number of carbonyl (C=O) groups is 2. The third-order valence-electron chi connectivity index (χ3n) is 5.62. The molecule has 2 heterocycles. The molecule has 2 aromatic carbocycles. The van der Waals surface area contributed by atoms with Crippen LogP contribution >= 0.6 is 0 Å². The van der Waals surface area contributed by atoms with Crippen LogP contribution in [0.1, 0.15) is 18.7 Å². The molecule has 10 nitrogen and oxygen atoms in total. The summed E-state index contributed by atoms with van der Waals surface area (Å²) in [6.45, 7) is 2.82. The van der Waals surface area contributed by atoms with Gasteiger partial charge >= 0.3 is 0 Å². The molecular weight excluding hydrogens is 424 g/mol. The van der Waals surface area contributed by atoms with Gasteiger partial charge in [-0.3, -0.25) is 9.59 Å². The van der Waals surface area contributed by atoms with Crippen molar-refractivity contribution in [3.63, 3.8) is 0 Å². The van der Waals surface area contributed by atoms with Gasteiger partial charge < -0.3 is 19.7 Å². The first-order valence-corrected chi connectivity index (χ1v) is 10.7. The van der Waals surface area contributed by atoms with E-state index >= 15 is 0 Å². The van der Waals surface area contributed by atoms with E-state index in [0.717, 1.165) is 0 Å². The molecule has 0 aliphatic carbocycles. The Balaban J connectivity index is 1.32. The first-order chi connectivity index (χ1) is 16.0. The molecule has 0 unspecified atom stereocenters. The molecule has 3 aromatic rings. The minimum atomic E-state index is -0.176. The number of aromatic nitrogens is 4. The lowest BCUT2D eigenvalue weighted by Gasteiger charge is -2.31. The van der Waals surface area contributed by atoms with E-state index in [2.05, 4.69) is 20.8 Å². The van der Waals surface area contributed by atoms with Gasteiger partial charge in [0.15, 0.2) is 12.4 Å². The largest absolute Gasteiger partial charge is 0.494 e. The van der Waals surface area contributed by atoms with Crippen molar-refractivity contribution in [2.45, 2.75) is 19.8 Å². The molecule has 0 radical (unpaired) electrons. The average molecular weight is 450 g/mol. The lowest BCUT2D eigenvalue weighted by Crippen LogP contribution is -2.43. The number of nitrogens with one attached hydrogen (secondary N) is 1. The normalized spacial score (nSPS) is 14.1. The Morgan fingerprint density at radius 2 is 1.88 bits per heavy atom. The Labute approximate surface area is 191 Å². The zero-order valence-electron chi connectivity index (χ0n) is 18.6. The number of carbonyl (C=O) groups excluding carboxylic acids is 2. The SMILES string of the molecule is COc1ccc(NC(=O)C2CCN(C(=O)COc3ccccc3)CC2)cc1-n1nnnc1C. The van der Waals surface area contributed by atoms with Crippen LogP contribution in [0.2, 0.25) is 0 Å². The highest BCUT2D eigenvalue weighted by atomic mass is 16.5. The van der Waals surface area contributed by atoms with E-state index in [-0.39, 0.29) is 24.3 Å². The summed E-state index contributed by atoms with van der Waals surface area (Å²) in [6.07, 6.45) is 1.19. The summed E-state index contributed by atoms with van der Waals surface area (Å²) in [4.78, 5) is 27.1. The summed E-state index contributed by atoms with van der Waals surface area (Å²) in [5.41, 5.74) is 1.26. The predicted octanol–water partition coefficient (Wildman–Crippen LogP) is 2.24. The van der Waals surface area contributed by atoms with Crippen molar-refractivity contribution >= 4 is 17.5 Å². The summed E-state index contributed by atoms with van der Waals surface area (Å²) in [5.74, 6) is 1.53. The molecule has 10 heteroatoms. The number of hydrogen-bond acceptors (Lipinski definition) is 7. The molecule has 0 bridgehead atoms. The van der Waals surface area contributed by atoms with Crippen LogP contribution in [0, 0.1) is 12.8 Å². The van der Waals surface area contributed by atoms with E-state index in [9.17, 15) is 9.59 Å². The van der Waals surface area contributed by atoms with Crippen LogP contribution in [0.15, 0.2) is 48.5 Å². The number of aryl methyl sites for hydroxylation is 1. The van der Waals surface area contributed by atoms with Crippen LogP contribution in [-0.2, 0) is 9.59 Å². The van der Waals surface area contributed by atoms with Gasteiger partial charge in [-0.25, -0.2) is 0 Å². The minimum absolute atomic E-state index is 0.00788. The highest BCUT2D eigenvalue weighted by Crippen LogP contribution is 2.27. The van der Waals surface area contributed by atoms with Crippen LogP contribution < -0.4 is 14.8 Å². The molecule has 1 N–H and O–H groups in total. The fraction of sp³-hybridized carbons (Fsp3) is 0.348. The van der Waals surface area contributed by atoms with Gasteiger partial charge in [-0.1, -0.05) is 18.2 Å². The molecule has 2 amide bonds. The maximum absolute atomic E-state index is 12.9. The maximum Gasteiger partial charge on any atom is 0.260 e. The van der Waals surface area contributed by atoms with E-state index in [1.807, 2.05) is 30.3 Å². The molecule has 1 aromatic heterocycles. The highest BCUT2D eigenvalue weighted by Gasteiger charge is 2.27. The van der Waals surface area contributed by atoms with Gasteiger partial charge in [-0.2, -0.15) is 4.68 Å². The number of nitrogens with zero attached hydrogens (tertiary/aromatic N) is 5. The van der Waals surface area contributed by atoms with Crippen molar-refractivity contribution in [2.24, 2.45) is 5.92 Å². The van der Waals surface area contributed by atoms with E-state index in [4.69, 9.17) is 9.47 Å². The Bertz CT molecular complexity index is 1110. The number of tetrazole rings is 1. The summed E-state index contributed by atoms with van der Waals surface area (Å²) < 4.78 is 12.5. The second kappa shape index (κ2) is 10.1. The summed E-state index contributed by atoms with van der Waals surface area (Å²) in [6, 6.07) is 14.6. The molecule has 0 atom stereocenters. The van der Waals surface area contributed by atoms with Gasteiger partial charge in [0.25, 0.3) is 5.91 Å². The standard InChI is InChI=1S/C23H26N6O4/c1-16-25-26-27-29(16)20-14-18(8-9-21(20)32-2)24-23(31)17-10-12-28(13-11-17)22(30)15-33-19-6-4-3-5-7-19/h3-9,14,17H,10-13,15H2,1-2H3,(H,24,31). The molecule has 1 fully saturated rings. The zero-order valence-corrected chi connectivity index (χ0v) is 18.6. The van der Waals surface area contributed by atoms with Crippen LogP contribution in [0.4, 0.5) is 5.69 Å². The van der Waals surface area contributed by atoms with Crippen LogP contribution in [0.5, 0.6) is 11.5 Å². The number of anilines is 1. The second-order valence-corrected chi connectivity index (χ2v) is 7.77. The Morgan fingerprint density at radius 1 is 1.12 bits per heavy atom. The number of hydrogen-bond donors (Lipinski definition) is 1. The number of amides is 2. The number of benzene rings is 2. The van der Waals surface area contributed by atoms with E-state index in [1.165, 1.54) is 0 Å². The number of methoxy groups -OCH3 is 1. The van der Waals surface area contributed by atoms with Crippen LogP contribution in [-0.4, -0.2) is 63.7 Å². The number of ether oxygens (including phenoxy) is 2. The molecule has 4 rings (SSSR count). The second-order valence-electron chi connectivity index (χ2n) is 7.77. The topological polar surface area (TPSA) is 111 Å². The van der Waals surface area contributed by atoms with Crippen LogP contribution in [0.3, 0.4) is 0 Å². The molecular formula is C23H26N6O4. The van der Waals surface area contributed by atoms with E-state index in [1.54, 1.807) is 41.8 Å². The van der Waals surface area contributed by atoms with Gasteiger partial charge in [-0.15, -0.1) is 5.10 Å². The zero-order chi connectivity index (χ0) is 23.2. The highest BCUT2D eigenvalue weighted by molar-refractivity contribution is 5.93. The number of para-hydroxylation sites is 1. The monoisotopic (exact) mass is 450 g/mol. The Hall–Kier alpha value is -3.95. The maximum atomic E-state index is 12.9. The first-order valence-electron chi connectivity index (χ1n) is 10.7. The van der Waals surface area contributed by atoms with Crippen molar-refractivity contribution in [3.8, 4) is 17.2 Å². The van der Waals surface area contributed by atoms with Crippen molar-refractivity contribution in [2.75, 3.05) is 32.1 Å². The molecule has 1 saturated heterocycles. The van der Waals surface area contributed by atoms with Gasteiger partial charge in [0.05, 0.1) is 7.11 Å². The minimum Gasteiger partial charge on any atom is -0.494 e. The smallest absolute Gasteiger partial charge is 0.260 e. The lowest BCUT2D eigenvalue weighted by atomic mass is 9.95. The van der Waals surface area contributed by atoms with Gasteiger partial charge in [-0.05, 0) is 60.5 Å². The quantitative estimate of drug-likeness (QED) is 0.588. The molecule has 0 spiro atoms. The summed E-state index contributed by atoms with van der Waals surface area (Å²) in [5, 5.41) is 14.5. The van der Waals surface area contributed by atoms with Crippen molar-refractivity contribution in [1.82, 2.24) is 25.1 Å². The molecule has 1 aliphatic heterocycles. The Morgan fingerprint density at radius 3 is 2.55 bits per heavy atom. The predicted molar refractivity (Wildman–Crippen MR) is 120 cm³/mol. The fourth-order valence-corrected chi connectivity index (χ4v) is 3.78. The molecule has 0 saturated carbocycles. The summed E-state index contributed by atoms with van der Waals surface area (Å²) in [7, 11) is 1.57.